The monoisotopic (exact) mass is 361 g/mol. The van der Waals surface area contributed by atoms with Crippen LogP contribution in [0.3, 0.4) is 0 Å². The molecular formula is C13H14BrCl2N3. The van der Waals surface area contributed by atoms with Crippen LogP contribution in [0.25, 0.3) is 0 Å². The molecule has 102 valence electrons. The van der Waals surface area contributed by atoms with Gasteiger partial charge >= 0.3 is 0 Å². The van der Waals surface area contributed by atoms with E-state index in [-0.39, 0.29) is 6.04 Å². The highest BCUT2D eigenvalue weighted by molar-refractivity contribution is 9.10. The maximum Gasteiger partial charge on any atom is 0.0724 e. The van der Waals surface area contributed by atoms with Gasteiger partial charge in [0.25, 0.3) is 0 Å². The highest BCUT2D eigenvalue weighted by atomic mass is 79.9. The lowest BCUT2D eigenvalue weighted by Gasteiger charge is -2.16. The number of nitrogens with one attached hydrogen (secondary N) is 1. The fraction of sp³-hybridized carbons (Fsp3) is 0.308. The molecule has 2 aromatic rings. The van der Waals surface area contributed by atoms with Crippen molar-refractivity contribution in [2.45, 2.75) is 26.4 Å². The van der Waals surface area contributed by atoms with E-state index in [0.29, 0.717) is 10.0 Å². The third kappa shape index (κ3) is 3.44. The summed E-state index contributed by atoms with van der Waals surface area (Å²) in [6.07, 6.45) is 3.86. The second kappa shape index (κ2) is 6.16. The molecule has 1 N–H and O–H groups in total. The molecule has 6 heteroatoms. The van der Waals surface area contributed by atoms with E-state index >= 15 is 0 Å². The molecule has 1 aromatic heterocycles. The fourth-order valence-corrected chi connectivity index (χ4v) is 3.07. The van der Waals surface area contributed by atoms with Gasteiger partial charge in [0.1, 0.15) is 0 Å². The average molecular weight is 363 g/mol. The molecule has 0 fully saturated rings. The highest BCUT2D eigenvalue weighted by Gasteiger charge is 2.13. The Morgan fingerprint density at radius 3 is 2.53 bits per heavy atom. The summed E-state index contributed by atoms with van der Waals surface area (Å²) in [6, 6.07) is 3.71. The summed E-state index contributed by atoms with van der Waals surface area (Å²) < 4.78 is 2.75. The largest absolute Gasteiger partial charge is 0.376 e. The van der Waals surface area contributed by atoms with Gasteiger partial charge in [0.05, 0.1) is 28.0 Å². The highest BCUT2D eigenvalue weighted by Crippen LogP contribution is 2.35. The van der Waals surface area contributed by atoms with Crippen molar-refractivity contribution in [3.63, 3.8) is 0 Å². The van der Waals surface area contributed by atoms with Crippen LogP contribution in [0.4, 0.5) is 5.69 Å². The number of aryl methyl sites for hydroxylation is 1. The summed E-state index contributed by atoms with van der Waals surface area (Å²) in [7, 11) is 0. The molecule has 0 amide bonds. The summed E-state index contributed by atoms with van der Waals surface area (Å²) in [4.78, 5) is 0. The number of hydrogen-bond donors (Lipinski definition) is 1. The molecule has 0 saturated carbocycles. The van der Waals surface area contributed by atoms with Crippen LogP contribution in [0.1, 0.15) is 25.5 Å². The van der Waals surface area contributed by atoms with Crippen LogP contribution in [-0.2, 0) is 6.54 Å². The molecule has 0 saturated heterocycles. The lowest BCUT2D eigenvalue weighted by molar-refractivity contribution is 0.658. The van der Waals surface area contributed by atoms with Crippen LogP contribution in [0.15, 0.2) is 29.0 Å². The van der Waals surface area contributed by atoms with Crippen LogP contribution in [0, 0.1) is 0 Å². The van der Waals surface area contributed by atoms with Gasteiger partial charge in [-0.25, -0.2) is 0 Å². The first-order valence-electron chi connectivity index (χ1n) is 5.94. The second-order valence-electron chi connectivity index (χ2n) is 4.24. The Bertz CT molecular complexity index is 560. The topological polar surface area (TPSA) is 29.9 Å². The minimum atomic E-state index is 0.0801. The maximum absolute atomic E-state index is 6.20. The number of rotatable bonds is 4. The Labute approximate surface area is 131 Å². The van der Waals surface area contributed by atoms with E-state index in [1.165, 1.54) is 0 Å². The quantitative estimate of drug-likeness (QED) is 0.815. The third-order valence-electron chi connectivity index (χ3n) is 2.84. The van der Waals surface area contributed by atoms with Gasteiger partial charge in [0, 0.05) is 22.8 Å². The first-order valence-corrected chi connectivity index (χ1v) is 7.49. The van der Waals surface area contributed by atoms with Gasteiger partial charge in [0.2, 0.25) is 0 Å². The van der Waals surface area contributed by atoms with Crippen molar-refractivity contribution in [2.24, 2.45) is 0 Å². The van der Waals surface area contributed by atoms with Gasteiger partial charge in [-0.3, -0.25) is 4.68 Å². The van der Waals surface area contributed by atoms with E-state index < -0.39 is 0 Å². The van der Waals surface area contributed by atoms with E-state index in [4.69, 9.17) is 23.2 Å². The summed E-state index contributed by atoms with van der Waals surface area (Å²) in [5.41, 5.74) is 1.83. The van der Waals surface area contributed by atoms with Crippen LogP contribution < -0.4 is 5.32 Å². The van der Waals surface area contributed by atoms with E-state index in [0.717, 1.165) is 22.3 Å². The summed E-state index contributed by atoms with van der Waals surface area (Å²) in [6.45, 7) is 4.95. The van der Waals surface area contributed by atoms with Crippen molar-refractivity contribution < 1.29 is 0 Å². The Morgan fingerprint density at radius 1 is 1.37 bits per heavy atom. The van der Waals surface area contributed by atoms with Crippen LogP contribution in [-0.4, -0.2) is 9.78 Å². The molecule has 3 nitrogen and oxygen atoms in total. The van der Waals surface area contributed by atoms with Crippen molar-refractivity contribution in [1.82, 2.24) is 9.78 Å². The van der Waals surface area contributed by atoms with Crippen molar-refractivity contribution in [1.29, 1.82) is 0 Å². The van der Waals surface area contributed by atoms with E-state index in [1.54, 1.807) is 0 Å². The molecule has 1 atom stereocenters. The second-order valence-corrected chi connectivity index (χ2v) is 5.97. The van der Waals surface area contributed by atoms with E-state index in [1.807, 2.05) is 36.1 Å². The first kappa shape index (κ1) is 14.7. The van der Waals surface area contributed by atoms with Crippen molar-refractivity contribution >= 4 is 44.8 Å². The van der Waals surface area contributed by atoms with Gasteiger partial charge in [-0.15, -0.1) is 0 Å². The zero-order valence-corrected chi connectivity index (χ0v) is 13.7. The van der Waals surface area contributed by atoms with Crippen molar-refractivity contribution in [3.8, 4) is 0 Å². The lowest BCUT2D eigenvalue weighted by atomic mass is 10.2. The van der Waals surface area contributed by atoms with E-state index in [9.17, 15) is 0 Å². The molecule has 1 heterocycles. The zero-order chi connectivity index (χ0) is 14.0. The Morgan fingerprint density at radius 2 is 2.00 bits per heavy atom. The molecule has 2 rings (SSSR count). The SMILES string of the molecule is CCn1cc(C(C)Nc2c(Cl)cc(Br)cc2Cl)cn1. The van der Waals surface area contributed by atoms with Crippen molar-refractivity contribution in [2.75, 3.05) is 5.32 Å². The number of hydrogen-bond acceptors (Lipinski definition) is 2. The van der Waals surface area contributed by atoms with E-state index in [2.05, 4.69) is 33.3 Å². The standard InChI is InChI=1S/C13H14BrCl2N3/c1-3-19-7-9(6-17-19)8(2)18-13-11(15)4-10(14)5-12(13)16/h4-8,18H,3H2,1-2H3. The van der Waals surface area contributed by atoms with Gasteiger partial charge in [-0.05, 0) is 26.0 Å². The van der Waals surface area contributed by atoms with Crippen molar-refractivity contribution in [3.05, 3.63) is 44.6 Å². The van der Waals surface area contributed by atoms with Crippen LogP contribution in [0.5, 0.6) is 0 Å². The molecule has 0 radical (unpaired) electrons. The molecule has 1 unspecified atom stereocenters. The minimum absolute atomic E-state index is 0.0801. The number of anilines is 1. The van der Waals surface area contributed by atoms with Crippen LogP contribution in [0.2, 0.25) is 10.0 Å². The molecule has 0 bridgehead atoms. The molecule has 0 spiro atoms. The van der Waals surface area contributed by atoms with Crippen LogP contribution >= 0.6 is 39.1 Å². The molecule has 0 aliphatic carbocycles. The smallest absolute Gasteiger partial charge is 0.0724 e. The number of benzene rings is 1. The summed E-state index contributed by atoms with van der Waals surface area (Å²) in [5, 5.41) is 8.76. The fourth-order valence-electron chi connectivity index (χ4n) is 1.76. The Kier molecular flexibility index (Phi) is 4.76. The number of halogens is 3. The Hall–Kier alpha value is -0.710. The summed E-state index contributed by atoms with van der Waals surface area (Å²) >= 11 is 15.8. The molecular weight excluding hydrogens is 349 g/mol. The minimum Gasteiger partial charge on any atom is -0.376 e. The van der Waals surface area contributed by atoms with Gasteiger partial charge < -0.3 is 5.32 Å². The van der Waals surface area contributed by atoms with Gasteiger partial charge in [-0.2, -0.15) is 5.10 Å². The first-order chi connectivity index (χ1) is 9.01. The molecule has 0 aliphatic heterocycles. The normalized spacial score (nSPS) is 12.5. The maximum atomic E-state index is 6.20. The number of aromatic nitrogens is 2. The average Bonchev–Trinajstić information content (AvgIpc) is 2.82. The van der Waals surface area contributed by atoms with Gasteiger partial charge in [0.15, 0.2) is 0 Å². The Balaban J connectivity index is 2.21. The molecule has 1 aromatic carbocycles. The predicted octanol–water partition coefficient (Wildman–Crippen LogP) is 5.15. The lowest BCUT2D eigenvalue weighted by Crippen LogP contribution is -2.07. The molecule has 19 heavy (non-hydrogen) atoms. The van der Waals surface area contributed by atoms with Gasteiger partial charge in [-0.1, -0.05) is 39.1 Å². The molecule has 0 aliphatic rings. The zero-order valence-electron chi connectivity index (χ0n) is 10.6. The number of nitrogens with zero attached hydrogens (tertiary/aromatic N) is 2. The summed E-state index contributed by atoms with van der Waals surface area (Å²) in [5.74, 6) is 0. The third-order valence-corrected chi connectivity index (χ3v) is 3.90. The predicted molar refractivity (Wildman–Crippen MR) is 84.1 cm³/mol.